The van der Waals surface area contributed by atoms with Crippen molar-refractivity contribution < 1.29 is 23.5 Å². The van der Waals surface area contributed by atoms with Crippen LogP contribution in [-0.2, 0) is 16.1 Å². The topological polar surface area (TPSA) is 80.2 Å². The summed E-state index contributed by atoms with van der Waals surface area (Å²) in [7, 11) is 0. The van der Waals surface area contributed by atoms with Crippen LogP contribution in [0.5, 0.6) is 11.5 Å². The van der Waals surface area contributed by atoms with Crippen LogP contribution in [0.25, 0.3) is 0 Å². The first-order chi connectivity index (χ1) is 16.9. The number of benzene rings is 3. The third kappa shape index (κ3) is 5.30. The molecule has 3 aromatic rings. The highest BCUT2D eigenvalue weighted by Crippen LogP contribution is 2.36. The molecule has 5 rings (SSSR count). The first-order valence-electron chi connectivity index (χ1n) is 11.0. The third-order valence-electron chi connectivity index (χ3n) is 5.52. The van der Waals surface area contributed by atoms with Crippen LogP contribution in [0.3, 0.4) is 0 Å². The summed E-state index contributed by atoms with van der Waals surface area (Å²) in [5, 5.41) is 2.68. The molecule has 2 aliphatic rings. The molecule has 2 aliphatic heterocycles. The maximum absolute atomic E-state index is 13.4. The van der Waals surface area contributed by atoms with Crippen LogP contribution < -0.4 is 14.8 Å². The largest absolute Gasteiger partial charge is 0.454 e. The number of aryl methyl sites for hydroxylation is 1. The summed E-state index contributed by atoms with van der Waals surface area (Å²) >= 11 is 1.23. The van der Waals surface area contributed by atoms with E-state index in [2.05, 4.69) is 10.3 Å². The molecule has 9 heteroatoms. The van der Waals surface area contributed by atoms with Gasteiger partial charge in [0.25, 0.3) is 0 Å². The zero-order chi connectivity index (χ0) is 24.4. The zero-order valence-electron chi connectivity index (χ0n) is 18.9. The van der Waals surface area contributed by atoms with Gasteiger partial charge in [-0.15, -0.1) is 0 Å². The van der Waals surface area contributed by atoms with E-state index in [9.17, 15) is 14.0 Å². The number of hydrogen-bond acceptors (Lipinski definition) is 6. The van der Waals surface area contributed by atoms with Gasteiger partial charge in [0.2, 0.25) is 18.6 Å². The van der Waals surface area contributed by atoms with Crippen LogP contribution in [0.1, 0.15) is 17.5 Å². The Kier molecular flexibility index (Phi) is 6.41. The van der Waals surface area contributed by atoms with Gasteiger partial charge >= 0.3 is 0 Å². The molecule has 0 unspecified atom stereocenters. The van der Waals surface area contributed by atoms with Gasteiger partial charge in [-0.1, -0.05) is 30.0 Å². The normalized spacial score (nSPS) is 17.8. The number of hydrogen-bond donors (Lipinski definition) is 1. The minimum atomic E-state index is -0.631. The Morgan fingerprint density at radius 1 is 1.11 bits per heavy atom. The Labute approximate surface area is 205 Å². The van der Waals surface area contributed by atoms with Gasteiger partial charge in [-0.05, 0) is 66.6 Å². The summed E-state index contributed by atoms with van der Waals surface area (Å²) in [6.07, 6.45) is -0.00246. The lowest BCUT2D eigenvalue weighted by atomic mass is 10.1. The van der Waals surface area contributed by atoms with Gasteiger partial charge in [-0.3, -0.25) is 14.5 Å². The van der Waals surface area contributed by atoms with Crippen LogP contribution >= 0.6 is 11.8 Å². The molecule has 0 aromatic heterocycles. The molecule has 1 N–H and O–H groups in total. The van der Waals surface area contributed by atoms with Crippen molar-refractivity contribution in [3.05, 3.63) is 83.7 Å². The number of amides is 2. The number of rotatable bonds is 6. The third-order valence-corrected chi connectivity index (χ3v) is 6.70. The average Bonchev–Trinajstić information content (AvgIpc) is 3.40. The maximum atomic E-state index is 13.4. The second kappa shape index (κ2) is 9.79. The molecule has 0 aliphatic carbocycles. The van der Waals surface area contributed by atoms with Gasteiger partial charge in [0.05, 0.1) is 12.2 Å². The lowest BCUT2D eigenvalue weighted by molar-refractivity contribution is -0.128. The van der Waals surface area contributed by atoms with Gasteiger partial charge in [-0.25, -0.2) is 9.38 Å². The van der Waals surface area contributed by atoms with Crippen molar-refractivity contribution in [2.45, 2.75) is 25.1 Å². The second-order valence-corrected chi connectivity index (χ2v) is 9.38. The van der Waals surface area contributed by atoms with E-state index in [1.54, 1.807) is 23.1 Å². The number of carbonyl (C=O) groups is 2. The molecular formula is C26H22FN3O4S. The Morgan fingerprint density at radius 2 is 1.91 bits per heavy atom. The van der Waals surface area contributed by atoms with E-state index in [0.717, 1.165) is 11.1 Å². The molecule has 1 saturated heterocycles. The van der Waals surface area contributed by atoms with Gasteiger partial charge in [0.1, 0.15) is 11.1 Å². The molecule has 3 aromatic carbocycles. The molecule has 178 valence electrons. The predicted molar refractivity (Wildman–Crippen MR) is 132 cm³/mol. The van der Waals surface area contributed by atoms with Crippen molar-refractivity contribution in [3.63, 3.8) is 0 Å². The van der Waals surface area contributed by atoms with Gasteiger partial charge < -0.3 is 14.8 Å². The minimum Gasteiger partial charge on any atom is -0.454 e. The summed E-state index contributed by atoms with van der Waals surface area (Å²) in [6, 6.07) is 18.7. The highest BCUT2D eigenvalue weighted by molar-refractivity contribution is 8.15. The van der Waals surface area contributed by atoms with E-state index in [4.69, 9.17) is 9.47 Å². The van der Waals surface area contributed by atoms with E-state index in [1.807, 2.05) is 43.3 Å². The van der Waals surface area contributed by atoms with E-state index in [1.165, 1.54) is 23.9 Å². The summed E-state index contributed by atoms with van der Waals surface area (Å²) in [6.45, 7) is 2.35. The van der Waals surface area contributed by atoms with E-state index in [0.29, 0.717) is 28.0 Å². The van der Waals surface area contributed by atoms with Crippen LogP contribution in [-0.4, -0.2) is 33.9 Å². The van der Waals surface area contributed by atoms with Crippen molar-refractivity contribution in [1.82, 2.24) is 4.90 Å². The molecule has 2 amide bonds. The van der Waals surface area contributed by atoms with Crippen molar-refractivity contribution in [1.29, 1.82) is 0 Å². The van der Waals surface area contributed by atoms with Crippen LogP contribution in [0, 0.1) is 12.7 Å². The van der Waals surface area contributed by atoms with Crippen molar-refractivity contribution in [2.24, 2.45) is 4.99 Å². The average molecular weight is 492 g/mol. The quantitative estimate of drug-likeness (QED) is 0.524. The molecule has 1 fully saturated rings. The first kappa shape index (κ1) is 22.9. The Hall–Kier alpha value is -3.85. The number of nitrogens with zero attached hydrogens (tertiary/aromatic N) is 2. The fourth-order valence-electron chi connectivity index (χ4n) is 3.82. The SMILES string of the molecule is Cc1cccc(NC(=O)C[C@H]2SC(=Nc3ccc(F)cc3)N(Cc3ccc4c(c3)OCO4)C2=O)c1. The smallest absolute Gasteiger partial charge is 0.242 e. The monoisotopic (exact) mass is 491 g/mol. The molecule has 2 heterocycles. The zero-order valence-corrected chi connectivity index (χ0v) is 19.7. The van der Waals surface area contributed by atoms with Crippen molar-refractivity contribution in [3.8, 4) is 11.5 Å². The van der Waals surface area contributed by atoms with Gasteiger partial charge in [0, 0.05) is 12.1 Å². The molecule has 0 bridgehead atoms. The Balaban J connectivity index is 1.37. The molecule has 7 nitrogen and oxygen atoms in total. The molecule has 0 spiro atoms. The van der Waals surface area contributed by atoms with Crippen molar-refractivity contribution in [2.75, 3.05) is 12.1 Å². The lowest BCUT2D eigenvalue weighted by Crippen LogP contribution is -2.33. The lowest BCUT2D eigenvalue weighted by Gasteiger charge is -2.17. The summed E-state index contributed by atoms with van der Waals surface area (Å²) in [5.41, 5.74) is 3.06. The Bertz CT molecular complexity index is 1310. The fraction of sp³-hybridized carbons (Fsp3) is 0.192. The van der Waals surface area contributed by atoms with Gasteiger partial charge in [0.15, 0.2) is 16.7 Å². The second-order valence-electron chi connectivity index (χ2n) is 8.21. The minimum absolute atomic E-state index is 0.00246. The van der Waals surface area contributed by atoms with Crippen LogP contribution in [0.15, 0.2) is 71.7 Å². The first-order valence-corrected chi connectivity index (χ1v) is 11.9. The van der Waals surface area contributed by atoms with E-state index in [-0.39, 0.29) is 37.4 Å². The fourth-order valence-corrected chi connectivity index (χ4v) is 4.98. The van der Waals surface area contributed by atoms with E-state index < -0.39 is 5.25 Å². The standard InChI is InChI=1S/C26H22FN3O4S/c1-16-3-2-4-20(11-16)28-24(31)13-23-25(32)30(14-17-5-10-21-22(12-17)34-15-33-21)26(35-23)29-19-8-6-18(27)7-9-19/h2-12,23H,13-15H2,1H3,(H,28,31)/t23-/m1/s1. The highest BCUT2D eigenvalue weighted by Gasteiger charge is 2.39. The van der Waals surface area contributed by atoms with Crippen LogP contribution in [0.4, 0.5) is 15.8 Å². The number of ether oxygens (including phenoxy) is 2. The molecule has 0 radical (unpaired) electrons. The van der Waals surface area contributed by atoms with Crippen LogP contribution in [0.2, 0.25) is 0 Å². The number of carbonyl (C=O) groups excluding carboxylic acids is 2. The van der Waals surface area contributed by atoms with Gasteiger partial charge in [-0.2, -0.15) is 0 Å². The van der Waals surface area contributed by atoms with Crippen molar-refractivity contribution >= 4 is 40.1 Å². The Morgan fingerprint density at radius 3 is 2.71 bits per heavy atom. The molecule has 0 saturated carbocycles. The number of aliphatic imine (C=N–C) groups is 1. The number of thioether (sulfide) groups is 1. The van der Waals surface area contributed by atoms with E-state index >= 15 is 0 Å². The number of halogens is 1. The number of amidine groups is 1. The number of anilines is 1. The summed E-state index contributed by atoms with van der Waals surface area (Å²) in [4.78, 5) is 32.2. The number of nitrogens with one attached hydrogen (secondary N) is 1. The maximum Gasteiger partial charge on any atom is 0.242 e. The summed E-state index contributed by atoms with van der Waals surface area (Å²) in [5.74, 6) is 0.433. The molecule has 1 atom stereocenters. The molecule has 35 heavy (non-hydrogen) atoms. The highest BCUT2D eigenvalue weighted by atomic mass is 32.2. The molecular weight excluding hydrogens is 469 g/mol. The predicted octanol–water partition coefficient (Wildman–Crippen LogP) is 5.02. The number of fused-ring (bicyclic) bond motifs is 1. The summed E-state index contributed by atoms with van der Waals surface area (Å²) < 4.78 is 24.2.